The molecule has 0 aliphatic rings. The summed E-state index contributed by atoms with van der Waals surface area (Å²) in [6.07, 6.45) is 0. The number of nitrogens with one attached hydrogen (secondary N) is 1. The number of nitrogens with zero attached hydrogens (tertiary/aromatic N) is 2. The highest BCUT2D eigenvalue weighted by molar-refractivity contribution is 6.03. The Labute approximate surface area is 169 Å². The zero-order valence-electron chi connectivity index (χ0n) is 16.7. The van der Waals surface area contributed by atoms with Crippen LogP contribution in [0.25, 0.3) is 33.3 Å². The highest BCUT2D eigenvalue weighted by atomic mass is 16.4. The third kappa shape index (κ3) is 3.77. The highest BCUT2D eigenvalue weighted by Gasteiger charge is 2.15. The highest BCUT2D eigenvalue weighted by Crippen LogP contribution is 2.30. The van der Waals surface area contributed by atoms with Crippen LogP contribution >= 0.6 is 0 Å². The molecule has 0 aliphatic heterocycles. The molecule has 0 bridgehead atoms. The van der Waals surface area contributed by atoms with E-state index in [-0.39, 0.29) is 5.56 Å². The average Bonchev–Trinajstić information content (AvgIpc) is 3.07. The Balaban J connectivity index is 1.75. The standard InChI is InChI=1S/C24H23N3O2/c1-15-25-22-13-19(12-21(24(28)29)23(22)26-15)16-8-10-17(11-9-16)20-7-5-4-6-18(20)14-27(2)3/h4-13H,14H2,1-3H3,(H,25,26)(H,28,29). The Bertz CT molecular complexity index is 1190. The third-order valence-corrected chi connectivity index (χ3v) is 4.97. The molecule has 0 spiro atoms. The summed E-state index contributed by atoms with van der Waals surface area (Å²) in [5.41, 5.74) is 6.88. The monoisotopic (exact) mass is 385 g/mol. The number of aromatic carboxylic acids is 1. The van der Waals surface area contributed by atoms with E-state index < -0.39 is 5.97 Å². The molecule has 29 heavy (non-hydrogen) atoms. The van der Waals surface area contributed by atoms with Gasteiger partial charge in [0.1, 0.15) is 11.3 Å². The molecule has 3 aromatic carbocycles. The summed E-state index contributed by atoms with van der Waals surface area (Å²) < 4.78 is 0. The van der Waals surface area contributed by atoms with E-state index in [1.807, 2.05) is 25.1 Å². The predicted octanol–water partition coefficient (Wildman–Crippen LogP) is 4.97. The van der Waals surface area contributed by atoms with E-state index in [0.29, 0.717) is 11.3 Å². The quantitative estimate of drug-likeness (QED) is 0.509. The number of H-pyrrole nitrogens is 1. The molecule has 0 saturated carbocycles. The fourth-order valence-corrected chi connectivity index (χ4v) is 3.69. The lowest BCUT2D eigenvalue weighted by Crippen LogP contribution is -2.11. The van der Waals surface area contributed by atoms with E-state index in [2.05, 4.69) is 65.4 Å². The molecule has 5 nitrogen and oxygen atoms in total. The van der Waals surface area contributed by atoms with Crippen LogP contribution in [-0.2, 0) is 6.54 Å². The van der Waals surface area contributed by atoms with Crippen LogP contribution in [0.4, 0.5) is 0 Å². The Morgan fingerprint density at radius 1 is 1.00 bits per heavy atom. The molecule has 4 rings (SSSR count). The second-order valence-corrected chi connectivity index (χ2v) is 7.52. The van der Waals surface area contributed by atoms with Gasteiger partial charge in [0, 0.05) is 6.54 Å². The maximum Gasteiger partial charge on any atom is 0.337 e. The molecule has 1 aromatic heterocycles. The maximum atomic E-state index is 11.7. The second kappa shape index (κ2) is 7.53. The number of fused-ring (bicyclic) bond motifs is 1. The van der Waals surface area contributed by atoms with E-state index in [1.54, 1.807) is 6.07 Å². The molecule has 0 fully saturated rings. The minimum Gasteiger partial charge on any atom is -0.478 e. The first-order valence-electron chi connectivity index (χ1n) is 9.49. The first-order chi connectivity index (χ1) is 13.9. The lowest BCUT2D eigenvalue weighted by atomic mass is 9.96. The molecule has 0 amide bonds. The molecular weight excluding hydrogens is 362 g/mol. The molecule has 0 radical (unpaired) electrons. The van der Waals surface area contributed by atoms with Crippen molar-refractivity contribution in [3.8, 4) is 22.3 Å². The summed E-state index contributed by atoms with van der Waals surface area (Å²) in [7, 11) is 4.13. The Morgan fingerprint density at radius 2 is 1.69 bits per heavy atom. The van der Waals surface area contributed by atoms with Gasteiger partial charge < -0.3 is 15.0 Å². The van der Waals surface area contributed by atoms with Gasteiger partial charge in [0.15, 0.2) is 0 Å². The van der Waals surface area contributed by atoms with E-state index >= 15 is 0 Å². The maximum absolute atomic E-state index is 11.7. The van der Waals surface area contributed by atoms with Gasteiger partial charge >= 0.3 is 5.97 Å². The first-order valence-corrected chi connectivity index (χ1v) is 9.49. The van der Waals surface area contributed by atoms with Crippen molar-refractivity contribution in [2.24, 2.45) is 0 Å². The van der Waals surface area contributed by atoms with E-state index in [4.69, 9.17) is 0 Å². The third-order valence-electron chi connectivity index (χ3n) is 4.97. The number of carbonyl (C=O) groups is 1. The van der Waals surface area contributed by atoms with Gasteiger partial charge in [-0.25, -0.2) is 9.78 Å². The van der Waals surface area contributed by atoms with E-state index in [0.717, 1.165) is 28.8 Å². The number of aromatic amines is 1. The van der Waals surface area contributed by atoms with Gasteiger partial charge in [-0.05, 0) is 61.0 Å². The Kier molecular flexibility index (Phi) is 4.91. The van der Waals surface area contributed by atoms with Crippen LogP contribution < -0.4 is 0 Å². The van der Waals surface area contributed by atoms with Gasteiger partial charge in [0.25, 0.3) is 0 Å². The molecule has 4 aromatic rings. The van der Waals surface area contributed by atoms with Crippen LogP contribution in [0.3, 0.4) is 0 Å². The van der Waals surface area contributed by atoms with Gasteiger partial charge in [-0.2, -0.15) is 0 Å². The predicted molar refractivity (Wildman–Crippen MR) is 116 cm³/mol. The number of imidazole rings is 1. The molecule has 0 atom stereocenters. The van der Waals surface area contributed by atoms with Crippen molar-refractivity contribution in [2.75, 3.05) is 14.1 Å². The van der Waals surface area contributed by atoms with Crippen molar-refractivity contribution in [2.45, 2.75) is 13.5 Å². The summed E-state index contributed by atoms with van der Waals surface area (Å²) in [6, 6.07) is 20.3. The fraction of sp³-hybridized carbons (Fsp3) is 0.167. The SMILES string of the molecule is Cc1nc2c(C(=O)O)cc(-c3ccc(-c4ccccc4CN(C)C)cc3)cc2[nH]1. The fourth-order valence-electron chi connectivity index (χ4n) is 3.69. The smallest absolute Gasteiger partial charge is 0.337 e. The summed E-state index contributed by atoms with van der Waals surface area (Å²) >= 11 is 0. The number of aromatic nitrogens is 2. The molecule has 2 N–H and O–H groups in total. The number of aryl methyl sites for hydroxylation is 1. The number of hydrogen-bond acceptors (Lipinski definition) is 3. The van der Waals surface area contributed by atoms with Gasteiger partial charge in [-0.1, -0.05) is 48.5 Å². The lowest BCUT2D eigenvalue weighted by molar-refractivity contribution is 0.0699. The number of carboxylic acid groups (broad SMARTS) is 1. The molecular formula is C24H23N3O2. The lowest BCUT2D eigenvalue weighted by Gasteiger charge is -2.14. The largest absolute Gasteiger partial charge is 0.478 e. The van der Waals surface area contributed by atoms with Crippen LogP contribution in [0.15, 0.2) is 60.7 Å². The molecule has 1 heterocycles. The van der Waals surface area contributed by atoms with Crippen molar-refractivity contribution in [1.29, 1.82) is 0 Å². The van der Waals surface area contributed by atoms with Crippen LogP contribution in [0.5, 0.6) is 0 Å². The molecule has 5 heteroatoms. The molecule has 146 valence electrons. The minimum absolute atomic E-state index is 0.210. The molecule has 0 saturated heterocycles. The summed E-state index contributed by atoms with van der Waals surface area (Å²) in [4.78, 5) is 21.3. The van der Waals surface area contributed by atoms with Crippen molar-refractivity contribution in [3.63, 3.8) is 0 Å². The zero-order chi connectivity index (χ0) is 20.5. The summed E-state index contributed by atoms with van der Waals surface area (Å²) in [6.45, 7) is 2.70. The van der Waals surface area contributed by atoms with Crippen molar-refractivity contribution >= 4 is 17.0 Å². The van der Waals surface area contributed by atoms with Gasteiger partial charge in [0.2, 0.25) is 0 Å². The van der Waals surface area contributed by atoms with Crippen molar-refractivity contribution < 1.29 is 9.90 Å². The van der Waals surface area contributed by atoms with E-state index in [1.165, 1.54) is 11.1 Å². The Morgan fingerprint density at radius 3 is 2.38 bits per heavy atom. The zero-order valence-corrected chi connectivity index (χ0v) is 16.7. The topological polar surface area (TPSA) is 69.2 Å². The average molecular weight is 385 g/mol. The molecule has 0 aliphatic carbocycles. The number of rotatable bonds is 5. The van der Waals surface area contributed by atoms with Crippen LogP contribution in [0, 0.1) is 6.92 Å². The van der Waals surface area contributed by atoms with Crippen molar-refractivity contribution in [3.05, 3.63) is 77.6 Å². The first kappa shape index (κ1) is 18.9. The minimum atomic E-state index is -0.974. The number of carboxylic acids is 1. The van der Waals surface area contributed by atoms with Gasteiger partial charge in [0.05, 0.1) is 11.1 Å². The van der Waals surface area contributed by atoms with Crippen LogP contribution in [-0.4, -0.2) is 40.0 Å². The van der Waals surface area contributed by atoms with Crippen molar-refractivity contribution in [1.82, 2.24) is 14.9 Å². The van der Waals surface area contributed by atoms with Gasteiger partial charge in [-0.15, -0.1) is 0 Å². The van der Waals surface area contributed by atoms with E-state index in [9.17, 15) is 9.90 Å². The van der Waals surface area contributed by atoms with Gasteiger partial charge in [-0.3, -0.25) is 0 Å². The van der Waals surface area contributed by atoms with Crippen LogP contribution in [0.2, 0.25) is 0 Å². The van der Waals surface area contributed by atoms with Crippen LogP contribution in [0.1, 0.15) is 21.7 Å². The number of hydrogen-bond donors (Lipinski definition) is 2. The number of benzene rings is 3. The normalized spacial score (nSPS) is 11.3. The summed E-state index contributed by atoms with van der Waals surface area (Å²) in [5, 5.41) is 9.60. The Hall–Kier alpha value is -3.44. The summed E-state index contributed by atoms with van der Waals surface area (Å²) in [5.74, 6) is -0.273. The molecule has 0 unspecified atom stereocenters. The second-order valence-electron chi connectivity index (χ2n) is 7.52.